The van der Waals surface area contributed by atoms with Gasteiger partial charge in [-0.25, -0.2) is 0 Å². The molecule has 116 valence electrons. The van der Waals surface area contributed by atoms with Crippen LogP contribution in [0.4, 0.5) is 0 Å². The van der Waals surface area contributed by atoms with Gasteiger partial charge in [0.15, 0.2) is 5.41 Å². The molecule has 21 heavy (non-hydrogen) atoms. The Hall–Kier alpha value is -0.880. The van der Waals surface area contributed by atoms with Gasteiger partial charge in [0, 0.05) is 11.3 Å². The van der Waals surface area contributed by atoms with Crippen LogP contribution in [0.2, 0.25) is 0 Å². The first kappa shape index (κ1) is 16.5. The van der Waals surface area contributed by atoms with Crippen LogP contribution < -0.4 is 0 Å². The lowest BCUT2D eigenvalue weighted by Crippen LogP contribution is -2.48. The van der Waals surface area contributed by atoms with E-state index in [4.69, 9.17) is 9.47 Å². The van der Waals surface area contributed by atoms with Gasteiger partial charge in [0.1, 0.15) is 0 Å². The Labute approximate surface area is 136 Å². The third-order valence-corrected chi connectivity index (χ3v) is 5.86. The molecule has 0 spiro atoms. The smallest absolute Gasteiger partial charge is 0.323 e. The Morgan fingerprint density at radius 2 is 1.81 bits per heavy atom. The minimum absolute atomic E-state index is 0.0155. The van der Waals surface area contributed by atoms with E-state index in [0.717, 1.165) is 34.3 Å². The average molecular weight is 375 g/mol. The summed E-state index contributed by atoms with van der Waals surface area (Å²) in [5, 5.41) is 0. The fourth-order valence-corrected chi connectivity index (χ4v) is 4.79. The van der Waals surface area contributed by atoms with E-state index in [2.05, 4.69) is 15.9 Å². The second kappa shape index (κ2) is 6.92. The van der Waals surface area contributed by atoms with Crippen LogP contribution >= 0.6 is 27.3 Å². The van der Waals surface area contributed by atoms with Gasteiger partial charge in [0.2, 0.25) is 0 Å². The molecular weight excluding hydrogens is 356 g/mol. The molecule has 2 rings (SSSR count). The molecule has 0 N–H and O–H groups in total. The first-order valence-corrected chi connectivity index (χ1v) is 8.56. The van der Waals surface area contributed by atoms with Crippen LogP contribution in [0.1, 0.15) is 30.6 Å². The number of halogens is 1. The lowest BCUT2D eigenvalue weighted by molar-refractivity contribution is -0.173. The van der Waals surface area contributed by atoms with Gasteiger partial charge in [-0.05, 0) is 46.8 Å². The van der Waals surface area contributed by atoms with Gasteiger partial charge in [-0.15, -0.1) is 11.3 Å². The standard InChI is InChI=1S/C15H19BrO4S/c1-19-13(17)15(14(18)20-2,10-5-3-4-6-10)9-11-7-8-12(16)21-11/h7-8,10H,3-6,9H2,1-2H3. The van der Waals surface area contributed by atoms with E-state index in [1.165, 1.54) is 25.6 Å². The number of hydrogen-bond donors (Lipinski definition) is 0. The lowest BCUT2D eigenvalue weighted by atomic mass is 9.71. The Kier molecular flexibility index (Phi) is 5.43. The molecule has 1 aromatic rings. The maximum absolute atomic E-state index is 12.5. The summed E-state index contributed by atoms with van der Waals surface area (Å²) in [4.78, 5) is 26.0. The highest BCUT2D eigenvalue weighted by atomic mass is 79.9. The first-order chi connectivity index (χ1) is 10.0. The maximum atomic E-state index is 12.5. The number of thiophene rings is 1. The number of hydrogen-bond acceptors (Lipinski definition) is 5. The van der Waals surface area contributed by atoms with Crippen LogP contribution in [-0.2, 0) is 25.5 Å². The van der Waals surface area contributed by atoms with Gasteiger partial charge in [-0.1, -0.05) is 12.8 Å². The number of carbonyl (C=O) groups excluding carboxylic acids is 2. The molecule has 0 aliphatic heterocycles. The van der Waals surface area contributed by atoms with Crippen LogP contribution in [-0.4, -0.2) is 26.2 Å². The van der Waals surface area contributed by atoms with Gasteiger partial charge in [0.25, 0.3) is 0 Å². The van der Waals surface area contributed by atoms with Crippen molar-refractivity contribution >= 4 is 39.2 Å². The van der Waals surface area contributed by atoms with Gasteiger partial charge >= 0.3 is 11.9 Å². The summed E-state index contributed by atoms with van der Waals surface area (Å²) in [5.74, 6) is -0.977. The number of rotatable bonds is 5. The van der Waals surface area contributed by atoms with Gasteiger partial charge in [-0.2, -0.15) is 0 Å². The summed E-state index contributed by atoms with van der Waals surface area (Å²) in [6.07, 6.45) is 4.13. The van der Waals surface area contributed by atoms with E-state index in [0.29, 0.717) is 6.42 Å². The molecule has 1 saturated carbocycles. The maximum Gasteiger partial charge on any atom is 0.323 e. The van der Waals surface area contributed by atoms with E-state index in [-0.39, 0.29) is 5.92 Å². The van der Waals surface area contributed by atoms with Crippen LogP contribution in [0.25, 0.3) is 0 Å². The average Bonchev–Trinajstić information content (AvgIpc) is 3.14. The second-order valence-corrected chi connectivity index (χ2v) is 7.87. The zero-order valence-corrected chi connectivity index (χ0v) is 14.6. The number of methoxy groups -OCH3 is 2. The SMILES string of the molecule is COC(=O)C(Cc1ccc(Br)s1)(C(=O)OC)C1CCCC1. The fraction of sp³-hybridized carbons (Fsp3) is 0.600. The highest BCUT2D eigenvalue weighted by molar-refractivity contribution is 9.11. The molecule has 1 heterocycles. The molecule has 6 heteroatoms. The van der Waals surface area contributed by atoms with Crippen LogP contribution in [0.3, 0.4) is 0 Å². The second-order valence-electron chi connectivity index (χ2n) is 5.32. The van der Waals surface area contributed by atoms with Crippen molar-refractivity contribution in [2.24, 2.45) is 11.3 Å². The molecule has 4 nitrogen and oxygen atoms in total. The highest BCUT2D eigenvalue weighted by Gasteiger charge is 2.55. The van der Waals surface area contributed by atoms with Gasteiger partial charge < -0.3 is 9.47 Å². The Morgan fingerprint density at radius 3 is 2.24 bits per heavy atom. The Balaban J connectivity index is 2.43. The summed E-state index contributed by atoms with van der Waals surface area (Å²) in [6.45, 7) is 0. The number of ether oxygens (including phenoxy) is 2. The predicted octanol–water partition coefficient (Wildman–Crippen LogP) is 3.58. The zero-order chi connectivity index (χ0) is 15.5. The summed E-state index contributed by atoms with van der Waals surface area (Å²) in [5.41, 5.74) is -1.22. The molecule has 1 fully saturated rings. The van der Waals surface area contributed by atoms with E-state index in [1.807, 2.05) is 12.1 Å². The van der Waals surface area contributed by atoms with Crippen molar-refractivity contribution in [3.8, 4) is 0 Å². The molecule has 0 unspecified atom stereocenters. The first-order valence-electron chi connectivity index (χ1n) is 6.95. The molecule has 0 radical (unpaired) electrons. The van der Waals surface area contributed by atoms with Crippen molar-refractivity contribution in [3.05, 3.63) is 20.8 Å². The van der Waals surface area contributed by atoms with E-state index in [1.54, 1.807) is 0 Å². The molecule has 1 aliphatic carbocycles. The predicted molar refractivity (Wildman–Crippen MR) is 84.1 cm³/mol. The van der Waals surface area contributed by atoms with Crippen LogP contribution in [0.5, 0.6) is 0 Å². The molecule has 0 atom stereocenters. The Morgan fingerprint density at radius 1 is 1.24 bits per heavy atom. The summed E-state index contributed by atoms with van der Waals surface area (Å²) in [7, 11) is 2.67. The Bertz CT molecular complexity index is 503. The van der Waals surface area contributed by atoms with Crippen molar-refractivity contribution < 1.29 is 19.1 Å². The molecular formula is C15H19BrO4S. The topological polar surface area (TPSA) is 52.6 Å². The van der Waals surface area contributed by atoms with Crippen molar-refractivity contribution in [1.29, 1.82) is 0 Å². The summed E-state index contributed by atoms with van der Waals surface area (Å²) < 4.78 is 10.9. The quantitative estimate of drug-likeness (QED) is 0.583. The summed E-state index contributed by atoms with van der Waals surface area (Å²) >= 11 is 4.95. The van der Waals surface area contributed by atoms with Crippen molar-refractivity contribution in [2.45, 2.75) is 32.1 Å². The number of carbonyl (C=O) groups is 2. The van der Waals surface area contributed by atoms with E-state index in [9.17, 15) is 9.59 Å². The highest BCUT2D eigenvalue weighted by Crippen LogP contribution is 2.45. The molecule has 1 aliphatic rings. The third kappa shape index (κ3) is 3.16. The van der Waals surface area contributed by atoms with Crippen molar-refractivity contribution in [2.75, 3.05) is 14.2 Å². The van der Waals surface area contributed by atoms with E-state index < -0.39 is 17.4 Å². The zero-order valence-electron chi connectivity index (χ0n) is 12.2. The van der Waals surface area contributed by atoms with Gasteiger partial charge in [-0.3, -0.25) is 9.59 Å². The molecule has 0 bridgehead atoms. The van der Waals surface area contributed by atoms with E-state index >= 15 is 0 Å². The molecule has 0 amide bonds. The normalized spacial score (nSPS) is 16.0. The largest absolute Gasteiger partial charge is 0.468 e. The fourth-order valence-electron chi connectivity index (χ4n) is 3.21. The van der Waals surface area contributed by atoms with Crippen molar-refractivity contribution in [1.82, 2.24) is 0 Å². The molecule has 1 aromatic heterocycles. The molecule has 0 aromatic carbocycles. The minimum Gasteiger partial charge on any atom is -0.468 e. The monoisotopic (exact) mass is 374 g/mol. The minimum atomic E-state index is -1.22. The lowest BCUT2D eigenvalue weighted by Gasteiger charge is -2.33. The molecule has 0 saturated heterocycles. The number of esters is 2. The third-order valence-electron chi connectivity index (χ3n) is 4.23. The summed E-state index contributed by atoms with van der Waals surface area (Å²) in [6, 6.07) is 3.86. The van der Waals surface area contributed by atoms with Crippen LogP contribution in [0, 0.1) is 11.3 Å². The van der Waals surface area contributed by atoms with Crippen molar-refractivity contribution in [3.63, 3.8) is 0 Å². The van der Waals surface area contributed by atoms with Gasteiger partial charge in [0.05, 0.1) is 18.0 Å². The van der Waals surface area contributed by atoms with Crippen LogP contribution in [0.15, 0.2) is 15.9 Å².